The van der Waals surface area contributed by atoms with Crippen LogP contribution in [0.25, 0.3) is 0 Å². The van der Waals surface area contributed by atoms with Gasteiger partial charge in [-0.2, -0.15) is 0 Å². The van der Waals surface area contributed by atoms with Crippen molar-refractivity contribution < 1.29 is 0 Å². The summed E-state index contributed by atoms with van der Waals surface area (Å²) in [7, 11) is 0. The molecule has 1 radical (unpaired) electrons. The highest BCUT2D eigenvalue weighted by Crippen LogP contribution is 2.21. The largest absolute Gasteiger partial charge is 0.0873 e. The lowest BCUT2D eigenvalue weighted by Gasteiger charge is -2.15. The van der Waals surface area contributed by atoms with Crippen LogP contribution in [0, 0.1) is 0 Å². The van der Waals surface area contributed by atoms with Gasteiger partial charge in [0.25, 0.3) is 0 Å². The van der Waals surface area contributed by atoms with Gasteiger partial charge in [0, 0.05) is 4.75 Å². The fourth-order valence-corrected chi connectivity index (χ4v) is 1.65. The molecular formula is C12H25S. The molecule has 0 heterocycles. The highest BCUT2D eigenvalue weighted by molar-refractivity contribution is 7.81. The zero-order chi connectivity index (χ0) is 10.2. The smallest absolute Gasteiger partial charge is 0.0207 e. The summed E-state index contributed by atoms with van der Waals surface area (Å²) in [5.41, 5.74) is 0. The van der Waals surface area contributed by atoms with Gasteiger partial charge in [0.05, 0.1) is 0 Å². The average molecular weight is 201 g/mol. The van der Waals surface area contributed by atoms with E-state index in [2.05, 4.69) is 20.8 Å². The first-order valence-electron chi connectivity index (χ1n) is 5.76. The van der Waals surface area contributed by atoms with Crippen LogP contribution < -0.4 is 0 Å². The number of rotatable bonds is 8. The third-order valence-corrected chi connectivity index (χ3v) is 2.59. The summed E-state index contributed by atoms with van der Waals surface area (Å²) in [6.45, 7) is 6.57. The molecule has 0 nitrogen and oxygen atoms in total. The molecule has 0 saturated carbocycles. The van der Waals surface area contributed by atoms with Gasteiger partial charge in [-0.15, -0.1) is 0 Å². The molecule has 0 bridgehead atoms. The average Bonchev–Trinajstić information content (AvgIpc) is 2.01. The molecule has 0 unspecified atom stereocenters. The molecule has 0 fully saturated rings. The van der Waals surface area contributed by atoms with Crippen LogP contribution in [-0.4, -0.2) is 4.75 Å². The molecule has 0 saturated heterocycles. The molecule has 0 aliphatic carbocycles. The molecule has 0 aliphatic rings. The van der Waals surface area contributed by atoms with Crippen molar-refractivity contribution in [3.63, 3.8) is 0 Å². The van der Waals surface area contributed by atoms with E-state index in [1.54, 1.807) is 0 Å². The highest BCUT2D eigenvalue weighted by Gasteiger charge is 2.10. The Morgan fingerprint density at radius 1 is 0.846 bits per heavy atom. The normalized spacial score (nSPS) is 12.0. The molecule has 0 atom stereocenters. The van der Waals surface area contributed by atoms with Gasteiger partial charge in [0.1, 0.15) is 0 Å². The molecule has 79 valence electrons. The minimum atomic E-state index is 0.128. The highest BCUT2D eigenvalue weighted by atomic mass is 32.1. The van der Waals surface area contributed by atoms with Crippen molar-refractivity contribution in [1.29, 1.82) is 0 Å². The van der Waals surface area contributed by atoms with E-state index in [0.29, 0.717) is 0 Å². The van der Waals surface area contributed by atoms with E-state index >= 15 is 0 Å². The number of hydrogen-bond acceptors (Lipinski definition) is 0. The Kier molecular flexibility index (Phi) is 7.93. The van der Waals surface area contributed by atoms with Crippen LogP contribution in [0.4, 0.5) is 0 Å². The van der Waals surface area contributed by atoms with Crippen molar-refractivity contribution in [3.8, 4) is 0 Å². The maximum atomic E-state index is 5.30. The van der Waals surface area contributed by atoms with Crippen LogP contribution in [-0.2, 0) is 0 Å². The maximum Gasteiger partial charge on any atom is 0.0207 e. The van der Waals surface area contributed by atoms with Gasteiger partial charge in [-0.25, -0.2) is 0 Å². The Labute approximate surface area is 89.9 Å². The van der Waals surface area contributed by atoms with Gasteiger partial charge in [-0.3, -0.25) is 0 Å². The zero-order valence-electron chi connectivity index (χ0n) is 9.57. The van der Waals surface area contributed by atoms with E-state index in [0.717, 1.165) is 0 Å². The monoisotopic (exact) mass is 201 g/mol. The summed E-state index contributed by atoms with van der Waals surface area (Å²) in [5.74, 6) is 0. The van der Waals surface area contributed by atoms with Crippen LogP contribution >= 0.6 is 12.6 Å². The van der Waals surface area contributed by atoms with Crippen LogP contribution in [0.5, 0.6) is 0 Å². The predicted octanol–water partition coefficient (Wildman–Crippen LogP) is 5.10. The van der Waals surface area contributed by atoms with Crippen molar-refractivity contribution in [2.75, 3.05) is 0 Å². The summed E-state index contributed by atoms with van der Waals surface area (Å²) in [4.78, 5) is 0. The lowest BCUT2D eigenvalue weighted by atomic mass is 10.0. The van der Waals surface area contributed by atoms with Crippen molar-refractivity contribution >= 4 is 12.6 Å². The third-order valence-electron chi connectivity index (χ3n) is 2.38. The van der Waals surface area contributed by atoms with E-state index in [1.807, 2.05) is 0 Å². The predicted molar refractivity (Wildman–Crippen MR) is 64.3 cm³/mol. The first kappa shape index (κ1) is 13.4. The third kappa shape index (κ3) is 12.4. The van der Waals surface area contributed by atoms with E-state index in [9.17, 15) is 0 Å². The fourth-order valence-electron chi connectivity index (χ4n) is 1.51. The quantitative estimate of drug-likeness (QED) is 0.479. The first-order valence-corrected chi connectivity index (χ1v) is 6.17. The van der Waals surface area contributed by atoms with Crippen molar-refractivity contribution in [2.45, 2.75) is 76.9 Å². The molecule has 0 amide bonds. The molecule has 0 aromatic heterocycles. The minimum absolute atomic E-state index is 0.128. The summed E-state index contributed by atoms with van der Waals surface area (Å²) in [5, 5.41) is 0. The topological polar surface area (TPSA) is 0 Å². The van der Waals surface area contributed by atoms with E-state index in [1.165, 1.54) is 51.4 Å². The van der Waals surface area contributed by atoms with Crippen LogP contribution in [0.2, 0.25) is 0 Å². The van der Waals surface area contributed by atoms with Gasteiger partial charge in [-0.05, 0) is 20.3 Å². The second-order valence-electron chi connectivity index (χ2n) is 4.63. The molecule has 1 heteroatoms. The molecule has 0 spiro atoms. The van der Waals surface area contributed by atoms with Crippen LogP contribution in [0.1, 0.15) is 72.1 Å². The van der Waals surface area contributed by atoms with E-state index in [-0.39, 0.29) is 4.75 Å². The Bertz CT molecular complexity index is 102. The second-order valence-corrected chi connectivity index (χ2v) is 5.74. The fraction of sp³-hybridized carbons (Fsp3) is 1.00. The molecule has 0 rings (SSSR count). The van der Waals surface area contributed by atoms with E-state index in [4.69, 9.17) is 12.6 Å². The summed E-state index contributed by atoms with van der Waals surface area (Å²) in [6.07, 6.45) is 10.9. The molecule has 0 aliphatic heterocycles. The molecule has 13 heavy (non-hydrogen) atoms. The Hall–Kier alpha value is 0.350. The lowest BCUT2D eigenvalue weighted by Crippen LogP contribution is -2.09. The lowest BCUT2D eigenvalue weighted by molar-refractivity contribution is 0.538. The number of hydrogen-bond donors (Lipinski definition) is 0. The standard InChI is InChI=1S/C12H25S/c1-4-5-6-7-8-9-10-11-12(2,3)13/h4-11H2,1-3H3. The summed E-state index contributed by atoms with van der Waals surface area (Å²) < 4.78 is 0.128. The number of unbranched alkanes of at least 4 members (excludes halogenated alkanes) is 6. The van der Waals surface area contributed by atoms with Gasteiger partial charge < -0.3 is 0 Å². The summed E-state index contributed by atoms with van der Waals surface area (Å²) >= 11 is 5.30. The Balaban J connectivity index is 3.00. The second kappa shape index (κ2) is 7.73. The van der Waals surface area contributed by atoms with E-state index < -0.39 is 0 Å². The minimum Gasteiger partial charge on any atom is -0.0873 e. The Morgan fingerprint density at radius 3 is 1.77 bits per heavy atom. The van der Waals surface area contributed by atoms with Gasteiger partial charge in [-0.1, -0.05) is 64.5 Å². The molecule has 0 aromatic rings. The zero-order valence-corrected chi connectivity index (χ0v) is 10.4. The van der Waals surface area contributed by atoms with Crippen molar-refractivity contribution in [1.82, 2.24) is 0 Å². The van der Waals surface area contributed by atoms with Crippen molar-refractivity contribution in [2.24, 2.45) is 0 Å². The SMILES string of the molecule is CCCCCCCCCC(C)(C)[S]. The van der Waals surface area contributed by atoms with Crippen LogP contribution in [0.3, 0.4) is 0 Å². The molecule has 0 aromatic carbocycles. The first-order chi connectivity index (χ1) is 6.06. The van der Waals surface area contributed by atoms with Gasteiger partial charge >= 0.3 is 0 Å². The summed E-state index contributed by atoms with van der Waals surface area (Å²) in [6, 6.07) is 0. The van der Waals surface area contributed by atoms with Gasteiger partial charge in [0.15, 0.2) is 0 Å². The van der Waals surface area contributed by atoms with Gasteiger partial charge in [0.2, 0.25) is 0 Å². The maximum absolute atomic E-state index is 5.30. The Morgan fingerprint density at radius 2 is 1.31 bits per heavy atom. The molecular weight excluding hydrogens is 176 g/mol. The van der Waals surface area contributed by atoms with Crippen LogP contribution in [0.15, 0.2) is 0 Å². The van der Waals surface area contributed by atoms with Crippen molar-refractivity contribution in [3.05, 3.63) is 0 Å². The molecule has 0 N–H and O–H groups in total.